The van der Waals surface area contributed by atoms with Gasteiger partial charge in [0.15, 0.2) is 0 Å². The molecule has 2 rings (SSSR count). The van der Waals surface area contributed by atoms with Crippen LogP contribution < -0.4 is 0 Å². The van der Waals surface area contributed by atoms with Crippen LogP contribution in [0.3, 0.4) is 0 Å². The zero-order valence-electron chi connectivity index (χ0n) is 9.75. The van der Waals surface area contributed by atoms with Gasteiger partial charge in [0.1, 0.15) is 12.2 Å². The van der Waals surface area contributed by atoms with Crippen LogP contribution in [-0.4, -0.2) is 43.7 Å². The SMILES string of the molecule is OCC1COC(COCc2ccccc2)CO1. The van der Waals surface area contributed by atoms with Crippen LogP contribution >= 0.6 is 0 Å². The summed E-state index contributed by atoms with van der Waals surface area (Å²) >= 11 is 0. The number of benzene rings is 1. The van der Waals surface area contributed by atoms with E-state index in [0.29, 0.717) is 26.4 Å². The fourth-order valence-corrected chi connectivity index (χ4v) is 1.67. The van der Waals surface area contributed by atoms with Crippen molar-refractivity contribution >= 4 is 0 Å². The van der Waals surface area contributed by atoms with Crippen LogP contribution in [0.25, 0.3) is 0 Å². The van der Waals surface area contributed by atoms with Crippen LogP contribution in [0.4, 0.5) is 0 Å². The standard InChI is InChI=1S/C13H18O4/c14-6-12-9-17-13(10-16-12)8-15-7-11-4-2-1-3-5-11/h1-5,12-14H,6-10H2. The van der Waals surface area contributed by atoms with Crippen LogP contribution in [0.15, 0.2) is 30.3 Å². The van der Waals surface area contributed by atoms with Crippen molar-refractivity contribution in [2.24, 2.45) is 0 Å². The third-order valence-electron chi connectivity index (χ3n) is 2.65. The van der Waals surface area contributed by atoms with Crippen molar-refractivity contribution in [1.82, 2.24) is 0 Å². The van der Waals surface area contributed by atoms with Crippen molar-refractivity contribution in [3.63, 3.8) is 0 Å². The van der Waals surface area contributed by atoms with Gasteiger partial charge in [-0.1, -0.05) is 30.3 Å². The summed E-state index contributed by atoms with van der Waals surface area (Å²) < 4.78 is 16.5. The van der Waals surface area contributed by atoms with E-state index in [1.54, 1.807) is 0 Å². The topological polar surface area (TPSA) is 47.9 Å². The van der Waals surface area contributed by atoms with Gasteiger partial charge in [0.25, 0.3) is 0 Å². The second-order valence-corrected chi connectivity index (χ2v) is 4.09. The van der Waals surface area contributed by atoms with Gasteiger partial charge in [-0.25, -0.2) is 0 Å². The van der Waals surface area contributed by atoms with E-state index >= 15 is 0 Å². The predicted molar refractivity (Wildman–Crippen MR) is 62.7 cm³/mol. The molecule has 0 aromatic heterocycles. The maximum Gasteiger partial charge on any atom is 0.104 e. The largest absolute Gasteiger partial charge is 0.394 e. The van der Waals surface area contributed by atoms with E-state index in [2.05, 4.69) is 0 Å². The van der Waals surface area contributed by atoms with Crippen molar-refractivity contribution in [3.8, 4) is 0 Å². The van der Waals surface area contributed by atoms with E-state index in [1.807, 2.05) is 30.3 Å². The Hall–Kier alpha value is -0.940. The molecular formula is C13H18O4. The molecule has 2 unspecified atom stereocenters. The molecule has 2 atom stereocenters. The Bertz CT molecular complexity index is 306. The van der Waals surface area contributed by atoms with Crippen molar-refractivity contribution in [2.45, 2.75) is 18.8 Å². The zero-order chi connectivity index (χ0) is 11.9. The summed E-state index contributed by atoms with van der Waals surface area (Å²) in [5, 5.41) is 8.87. The molecule has 4 heteroatoms. The van der Waals surface area contributed by atoms with Crippen molar-refractivity contribution < 1.29 is 19.3 Å². The van der Waals surface area contributed by atoms with Gasteiger partial charge in [0.2, 0.25) is 0 Å². The number of rotatable bonds is 5. The lowest BCUT2D eigenvalue weighted by Gasteiger charge is -2.28. The number of aliphatic hydroxyl groups excluding tert-OH is 1. The smallest absolute Gasteiger partial charge is 0.104 e. The fourth-order valence-electron chi connectivity index (χ4n) is 1.67. The maximum atomic E-state index is 8.87. The van der Waals surface area contributed by atoms with Crippen LogP contribution in [0.5, 0.6) is 0 Å². The molecule has 0 saturated carbocycles. The lowest BCUT2D eigenvalue weighted by molar-refractivity contribution is -0.162. The number of aliphatic hydroxyl groups is 1. The third-order valence-corrected chi connectivity index (χ3v) is 2.65. The van der Waals surface area contributed by atoms with Crippen molar-refractivity contribution in [2.75, 3.05) is 26.4 Å². The van der Waals surface area contributed by atoms with E-state index in [-0.39, 0.29) is 18.8 Å². The summed E-state index contributed by atoms with van der Waals surface area (Å²) in [6.45, 7) is 2.05. The van der Waals surface area contributed by atoms with E-state index in [9.17, 15) is 0 Å². The molecule has 1 aliphatic heterocycles. The Morgan fingerprint density at radius 1 is 1.12 bits per heavy atom. The van der Waals surface area contributed by atoms with E-state index in [4.69, 9.17) is 19.3 Å². The normalized spacial score (nSPS) is 24.8. The van der Waals surface area contributed by atoms with Crippen LogP contribution in [-0.2, 0) is 20.8 Å². The molecule has 0 aliphatic carbocycles. The first-order valence-corrected chi connectivity index (χ1v) is 5.84. The molecule has 1 heterocycles. The molecule has 17 heavy (non-hydrogen) atoms. The summed E-state index contributed by atoms with van der Waals surface area (Å²) in [5.74, 6) is 0. The molecule has 1 N–H and O–H groups in total. The molecule has 1 saturated heterocycles. The van der Waals surface area contributed by atoms with Crippen LogP contribution in [0.1, 0.15) is 5.56 Å². The fraction of sp³-hybridized carbons (Fsp3) is 0.538. The number of ether oxygens (including phenoxy) is 3. The van der Waals surface area contributed by atoms with Gasteiger partial charge in [0, 0.05) is 0 Å². The molecular weight excluding hydrogens is 220 g/mol. The molecule has 0 bridgehead atoms. The minimum Gasteiger partial charge on any atom is -0.394 e. The maximum absolute atomic E-state index is 8.87. The van der Waals surface area contributed by atoms with Crippen LogP contribution in [0.2, 0.25) is 0 Å². The summed E-state index contributed by atoms with van der Waals surface area (Å²) in [5.41, 5.74) is 1.15. The van der Waals surface area contributed by atoms with E-state index < -0.39 is 0 Å². The van der Waals surface area contributed by atoms with E-state index in [0.717, 1.165) is 5.56 Å². The highest BCUT2D eigenvalue weighted by Crippen LogP contribution is 2.08. The second-order valence-electron chi connectivity index (χ2n) is 4.09. The van der Waals surface area contributed by atoms with Gasteiger partial charge in [-0.3, -0.25) is 0 Å². The Kier molecular flexibility index (Phi) is 4.94. The average Bonchev–Trinajstić information content (AvgIpc) is 2.41. The highest BCUT2D eigenvalue weighted by molar-refractivity contribution is 5.13. The Morgan fingerprint density at radius 2 is 1.82 bits per heavy atom. The number of hydrogen-bond acceptors (Lipinski definition) is 4. The predicted octanol–water partition coefficient (Wildman–Crippen LogP) is 0.979. The quantitative estimate of drug-likeness (QED) is 0.830. The molecule has 0 amide bonds. The molecule has 0 spiro atoms. The molecule has 94 valence electrons. The minimum absolute atomic E-state index is 0.0115. The van der Waals surface area contributed by atoms with Gasteiger partial charge in [-0.15, -0.1) is 0 Å². The summed E-state index contributed by atoms with van der Waals surface area (Å²) in [6, 6.07) is 10.0. The molecule has 1 aromatic rings. The van der Waals surface area contributed by atoms with E-state index in [1.165, 1.54) is 0 Å². The first-order valence-electron chi connectivity index (χ1n) is 5.84. The molecule has 0 radical (unpaired) electrons. The lowest BCUT2D eigenvalue weighted by atomic mass is 10.2. The van der Waals surface area contributed by atoms with Crippen molar-refractivity contribution in [1.29, 1.82) is 0 Å². The molecule has 1 aliphatic rings. The Labute approximate surface area is 101 Å². The average molecular weight is 238 g/mol. The summed E-state index contributed by atoms with van der Waals surface area (Å²) in [6.07, 6.45) is -0.207. The van der Waals surface area contributed by atoms with Crippen LogP contribution in [0, 0.1) is 0 Å². The van der Waals surface area contributed by atoms with Gasteiger partial charge in [-0.05, 0) is 5.56 Å². The second kappa shape index (κ2) is 6.71. The Morgan fingerprint density at radius 3 is 2.47 bits per heavy atom. The summed E-state index contributed by atoms with van der Waals surface area (Å²) in [4.78, 5) is 0. The first-order chi connectivity index (χ1) is 8.38. The monoisotopic (exact) mass is 238 g/mol. The highest BCUT2D eigenvalue weighted by atomic mass is 16.6. The Balaban J connectivity index is 1.63. The van der Waals surface area contributed by atoms with Crippen molar-refractivity contribution in [3.05, 3.63) is 35.9 Å². The van der Waals surface area contributed by atoms with Gasteiger partial charge in [0.05, 0.1) is 33.0 Å². The summed E-state index contributed by atoms with van der Waals surface area (Å²) in [7, 11) is 0. The molecule has 1 aromatic carbocycles. The van der Waals surface area contributed by atoms with Gasteiger partial charge >= 0.3 is 0 Å². The molecule has 4 nitrogen and oxygen atoms in total. The van der Waals surface area contributed by atoms with Gasteiger partial charge < -0.3 is 19.3 Å². The third kappa shape index (κ3) is 4.09. The molecule has 1 fully saturated rings. The minimum atomic E-state index is -0.180. The lowest BCUT2D eigenvalue weighted by Crippen LogP contribution is -2.39. The first kappa shape index (κ1) is 12.5. The highest BCUT2D eigenvalue weighted by Gasteiger charge is 2.21. The number of hydrogen-bond donors (Lipinski definition) is 1. The van der Waals surface area contributed by atoms with Gasteiger partial charge in [-0.2, -0.15) is 0 Å². The zero-order valence-corrected chi connectivity index (χ0v) is 9.75.